The molecule has 0 fully saturated rings. The van der Waals surface area contributed by atoms with Crippen LogP contribution in [-0.2, 0) is 0 Å². The highest BCUT2D eigenvalue weighted by atomic mass is 16.5. The first kappa shape index (κ1) is 12.0. The molecule has 15 heavy (non-hydrogen) atoms. The zero-order chi connectivity index (χ0) is 11.3. The van der Waals surface area contributed by atoms with Gasteiger partial charge in [0.25, 0.3) is 0 Å². The van der Waals surface area contributed by atoms with Gasteiger partial charge in [-0.05, 0) is 44.5 Å². The van der Waals surface area contributed by atoms with Crippen LogP contribution in [0.1, 0.15) is 31.9 Å². The van der Waals surface area contributed by atoms with Gasteiger partial charge in [-0.1, -0.05) is 12.1 Å². The van der Waals surface area contributed by atoms with Gasteiger partial charge in [-0.15, -0.1) is 0 Å². The maximum Gasteiger partial charge on any atom is 0.120 e. The average Bonchev–Trinajstić information content (AvgIpc) is 2.17. The third-order valence-electron chi connectivity index (χ3n) is 2.05. The molecule has 1 rings (SSSR count). The van der Waals surface area contributed by atoms with Crippen LogP contribution in [0.3, 0.4) is 0 Å². The van der Waals surface area contributed by atoms with E-state index >= 15 is 0 Å². The second-order valence-corrected chi connectivity index (χ2v) is 3.83. The van der Waals surface area contributed by atoms with E-state index in [0.29, 0.717) is 13.0 Å². The first-order chi connectivity index (χ1) is 7.13. The fourth-order valence-electron chi connectivity index (χ4n) is 1.39. The Balaban J connectivity index is 2.73. The Kier molecular flexibility index (Phi) is 4.59. The molecule has 1 aromatic carbocycles. The Bertz CT molecular complexity index is 299. The molecule has 0 aliphatic carbocycles. The fourth-order valence-corrected chi connectivity index (χ4v) is 1.39. The second-order valence-electron chi connectivity index (χ2n) is 3.83. The summed E-state index contributed by atoms with van der Waals surface area (Å²) in [5, 5.41) is 9.74. The Labute approximate surface area is 90.9 Å². The first-order valence-corrected chi connectivity index (χ1v) is 5.28. The highest BCUT2D eigenvalue weighted by molar-refractivity contribution is 5.30. The van der Waals surface area contributed by atoms with Gasteiger partial charge >= 0.3 is 0 Å². The highest BCUT2D eigenvalue weighted by Gasteiger charge is 2.07. The Morgan fingerprint density at radius 1 is 1.40 bits per heavy atom. The van der Waals surface area contributed by atoms with Crippen LogP contribution in [-0.4, -0.2) is 17.8 Å². The molecule has 0 radical (unpaired) electrons. The lowest BCUT2D eigenvalue weighted by atomic mass is 10.1. The van der Waals surface area contributed by atoms with Gasteiger partial charge in [-0.3, -0.25) is 0 Å². The zero-order valence-corrected chi connectivity index (χ0v) is 9.31. The molecular formula is C12H19NO2. The molecule has 0 heterocycles. The third-order valence-corrected chi connectivity index (χ3v) is 2.05. The molecule has 0 aliphatic rings. The number of hydrogen-bond donors (Lipinski definition) is 2. The van der Waals surface area contributed by atoms with E-state index in [9.17, 15) is 5.11 Å². The van der Waals surface area contributed by atoms with E-state index in [2.05, 4.69) is 0 Å². The number of aliphatic hydroxyl groups excluding tert-OH is 1. The van der Waals surface area contributed by atoms with Crippen molar-refractivity contribution in [3.8, 4) is 5.75 Å². The molecule has 3 N–H and O–H groups in total. The van der Waals surface area contributed by atoms with Crippen molar-refractivity contribution in [1.29, 1.82) is 0 Å². The number of nitrogens with two attached hydrogens (primary N) is 1. The number of rotatable bonds is 5. The van der Waals surface area contributed by atoms with Crippen LogP contribution in [0, 0.1) is 0 Å². The summed E-state index contributed by atoms with van der Waals surface area (Å²) >= 11 is 0. The molecule has 0 aliphatic heterocycles. The first-order valence-electron chi connectivity index (χ1n) is 5.28. The van der Waals surface area contributed by atoms with Gasteiger partial charge in [0.1, 0.15) is 5.75 Å². The molecule has 0 spiro atoms. The van der Waals surface area contributed by atoms with Crippen LogP contribution in [0.5, 0.6) is 5.75 Å². The summed E-state index contributed by atoms with van der Waals surface area (Å²) in [6, 6.07) is 7.51. The van der Waals surface area contributed by atoms with Crippen molar-refractivity contribution in [3.63, 3.8) is 0 Å². The Morgan fingerprint density at radius 2 is 2.13 bits per heavy atom. The quantitative estimate of drug-likeness (QED) is 0.778. The SMILES string of the molecule is CC(C)Oc1cccc(C(O)CCN)c1. The van der Waals surface area contributed by atoms with Crippen molar-refractivity contribution in [3.05, 3.63) is 29.8 Å². The molecule has 3 heteroatoms. The Hall–Kier alpha value is -1.06. The summed E-state index contributed by atoms with van der Waals surface area (Å²) in [6.45, 7) is 4.43. The summed E-state index contributed by atoms with van der Waals surface area (Å²) in [7, 11) is 0. The molecule has 0 aromatic heterocycles. The lowest BCUT2D eigenvalue weighted by Gasteiger charge is -2.13. The standard InChI is InChI=1S/C12H19NO2/c1-9(2)15-11-5-3-4-10(8-11)12(14)6-7-13/h3-5,8-9,12,14H,6-7,13H2,1-2H3. The molecule has 0 bridgehead atoms. The Morgan fingerprint density at radius 3 is 2.73 bits per heavy atom. The monoisotopic (exact) mass is 209 g/mol. The molecular weight excluding hydrogens is 190 g/mol. The van der Waals surface area contributed by atoms with Crippen LogP contribution >= 0.6 is 0 Å². The zero-order valence-electron chi connectivity index (χ0n) is 9.31. The third kappa shape index (κ3) is 3.90. The molecule has 0 saturated heterocycles. The molecule has 84 valence electrons. The molecule has 1 unspecified atom stereocenters. The topological polar surface area (TPSA) is 55.5 Å². The second kappa shape index (κ2) is 5.73. The van der Waals surface area contributed by atoms with E-state index in [0.717, 1.165) is 11.3 Å². The van der Waals surface area contributed by atoms with Gasteiger partial charge < -0.3 is 15.6 Å². The van der Waals surface area contributed by atoms with E-state index in [1.165, 1.54) is 0 Å². The van der Waals surface area contributed by atoms with Crippen molar-refractivity contribution in [2.75, 3.05) is 6.54 Å². The summed E-state index contributed by atoms with van der Waals surface area (Å²) in [5.74, 6) is 0.790. The molecule has 0 saturated carbocycles. The number of ether oxygens (including phenoxy) is 1. The van der Waals surface area contributed by atoms with Crippen LogP contribution < -0.4 is 10.5 Å². The van der Waals surface area contributed by atoms with Gasteiger partial charge in [0.15, 0.2) is 0 Å². The lowest BCUT2D eigenvalue weighted by molar-refractivity contribution is 0.169. The van der Waals surface area contributed by atoms with Crippen LogP contribution in [0.15, 0.2) is 24.3 Å². The van der Waals surface area contributed by atoms with Crippen molar-refractivity contribution in [1.82, 2.24) is 0 Å². The highest BCUT2D eigenvalue weighted by Crippen LogP contribution is 2.21. The number of aliphatic hydroxyl groups is 1. The maximum atomic E-state index is 9.74. The van der Waals surface area contributed by atoms with Crippen LogP contribution in [0.25, 0.3) is 0 Å². The smallest absolute Gasteiger partial charge is 0.120 e. The minimum absolute atomic E-state index is 0.145. The van der Waals surface area contributed by atoms with Gasteiger partial charge in [0.05, 0.1) is 12.2 Å². The lowest BCUT2D eigenvalue weighted by Crippen LogP contribution is -2.08. The van der Waals surface area contributed by atoms with Gasteiger partial charge in [0.2, 0.25) is 0 Å². The van der Waals surface area contributed by atoms with E-state index < -0.39 is 6.10 Å². The van der Waals surface area contributed by atoms with E-state index in [1.54, 1.807) is 0 Å². The van der Waals surface area contributed by atoms with Gasteiger partial charge in [-0.25, -0.2) is 0 Å². The van der Waals surface area contributed by atoms with Crippen molar-refractivity contribution in [2.45, 2.75) is 32.5 Å². The average molecular weight is 209 g/mol. The normalized spacial score (nSPS) is 12.9. The summed E-state index contributed by atoms with van der Waals surface area (Å²) in [6.07, 6.45) is 0.225. The van der Waals surface area contributed by atoms with Crippen molar-refractivity contribution < 1.29 is 9.84 Å². The minimum Gasteiger partial charge on any atom is -0.491 e. The number of benzene rings is 1. The molecule has 0 amide bonds. The van der Waals surface area contributed by atoms with Crippen LogP contribution in [0.2, 0.25) is 0 Å². The molecule has 1 aromatic rings. The van der Waals surface area contributed by atoms with E-state index in [-0.39, 0.29) is 6.10 Å². The van der Waals surface area contributed by atoms with Crippen molar-refractivity contribution in [2.24, 2.45) is 5.73 Å². The molecule has 3 nitrogen and oxygen atoms in total. The van der Waals surface area contributed by atoms with Crippen molar-refractivity contribution >= 4 is 0 Å². The predicted octanol–water partition coefficient (Wildman–Crippen LogP) is 1.86. The molecule has 1 atom stereocenters. The predicted molar refractivity (Wildman–Crippen MR) is 60.8 cm³/mol. The summed E-state index contributed by atoms with van der Waals surface area (Å²) in [5.41, 5.74) is 6.25. The maximum absolute atomic E-state index is 9.74. The minimum atomic E-state index is -0.495. The summed E-state index contributed by atoms with van der Waals surface area (Å²) in [4.78, 5) is 0. The number of hydrogen-bond acceptors (Lipinski definition) is 3. The fraction of sp³-hybridized carbons (Fsp3) is 0.500. The van der Waals surface area contributed by atoms with Gasteiger partial charge in [-0.2, -0.15) is 0 Å². The van der Waals surface area contributed by atoms with Gasteiger partial charge in [0, 0.05) is 0 Å². The van der Waals surface area contributed by atoms with Crippen LogP contribution in [0.4, 0.5) is 0 Å². The largest absolute Gasteiger partial charge is 0.491 e. The van der Waals surface area contributed by atoms with E-state index in [1.807, 2.05) is 38.1 Å². The summed E-state index contributed by atoms with van der Waals surface area (Å²) < 4.78 is 5.54. The van der Waals surface area contributed by atoms with E-state index in [4.69, 9.17) is 10.5 Å².